The number of aromatic nitrogens is 1. The van der Waals surface area contributed by atoms with Crippen LogP contribution < -0.4 is 10.6 Å². The van der Waals surface area contributed by atoms with E-state index in [1.807, 2.05) is 30.3 Å². The number of para-hydroxylation sites is 1. The fourth-order valence-corrected chi connectivity index (χ4v) is 2.24. The summed E-state index contributed by atoms with van der Waals surface area (Å²) in [6.07, 6.45) is 1.70. The molecule has 0 bridgehead atoms. The van der Waals surface area contributed by atoms with Gasteiger partial charge >= 0.3 is 0 Å². The number of carbonyl (C=O) groups excluding carboxylic acids is 1. The van der Waals surface area contributed by atoms with Crippen molar-refractivity contribution in [2.75, 3.05) is 17.2 Å². The van der Waals surface area contributed by atoms with Crippen molar-refractivity contribution < 1.29 is 4.79 Å². The molecule has 23 heavy (non-hydrogen) atoms. The average Bonchev–Trinajstić information content (AvgIpc) is 2.61. The molecule has 0 saturated carbocycles. The predicted molar refractivity (Wildman–Crippen MR) is 90.0 cm³/mol. The maximum absolute atomic E-state index is 12.1. The van der Waals surface area contributed by atoms with Crippen molar-refractivity contribution in [2.45, 2.75) is 0 Å². The van der Waals surface area contributed by atoms with E-state index >= 15 is 0 Å². The number of nitriles is 1. The third-order valence-electron chi connectivity index (χ3n) is 3.37. The van der Waals surface area contributed by atoms with Crippen LogP contribution in [0.5, 0.6) is 0 Å². The van der Waals surface area contributed by atoms with Gasteiger partial charge in [-0.1, -0.05) is 18.2 Å². The first-order chi connectivity index (χ1) is 11.3. The van der Waals surface area contributed by atoms with E-state index < -0.39 is 0 Å². The first-order valence-electron chi connectivity index (χ1n) is 7.14. The largest absolute Gasteiger partial charge is 0.376 e. The van der Waals surface area contributed by atoms with E-state index in [-0.39, 0.29) is 12.5 Å². The standard InChI is InChI=1S/C18H14N4O/c19-11-13-6-8-15(9-7-13)21-12-17(23)22-16-5-1-3-14-4-2-10-20-18(14)16/h1-10,21H,12H2,(H,22,23). The van der Waals surface area contributed by atoms with E-state index in [0.29, 0.717) is 11.3 Å². The lowest BCUT2D eigenvalue weighted by Gasteiger charge is -2.09. The molecule has 0 aliphatic rings. The van der Waals surface area contributed by atoms with Gasteiger partial charge in [0.1, 0.15) is 0 Å². The molecule has 1 aromatic heterocycles. The highest BCUT2D eigenvalue weighted by atomic mass is 16.1. The quantitative estimate of drug-likeness (QED) is 0.776. The normalized spacial score (nSPS) is 10.0. The minimum Gasteiger partial charge on any atom is -0.376 e. The topological polar surface area (TPSA) is 77.8 Å². The van der Waals surface area contributed by atoms with Gasteiger partial charge in [-0.05, 0) is 36.4 Å². The zero-order valence-corrected chi connectivity index (χ0v) is 12.3. The van der Waals surface area contributed by atoms with Gasteiger partial charge in [0.15, 0.2) is 0 Å². The van der Waals surface area contributed by atoms with Crippen molar-refractivity contribution in [1.29, 1.82) is 5.26 Å². The molecule has 1 heterocycles. The van der Waals surface area contributed by atoms with Crippen LogP contribution in [0, 0.1) is 11.3 Å². The number of nitrogens with zero attached hydrogens (tertiary/aromatic N) is 2. The van der Waals surface area contributed by atoms with E-state index in [1.165, 1.54) is 0 Å². The molecule has 3 rings (SSSR count). The van der Waals surface area contributed by atoms with Gasteiger partial charge in [-0.2, -0.15) is 5.26 Å². The summed E-state index contributed by atoms with van der Waals surface area (Å²) in [5.41, 5.74) is 2.83. The van der Waals surface area contributed by atoms with E-state index in [1.54, 1.807) is 30.5 Å². The number of fused-ring (bicyclic) bond motifs is 1. The van der Waals surface area contributed by atoms with Crippen LogP contribution in [-0.4, -0.2) is 17.4 Å². The fourth-order valence-electron chi connectivity index (χ4n) is 2.24. The van der Waals surface area contributed by atoms with E-state index in [0.717, 1.165) is 16.6 Å². The molecule has 1 amide bonds. The van der Waals surface area contributed by atoms with Crippen LogP contribution in [0.15, 0.2) is 60.8 Å². The van der Waals surface area contributed by atoms with Crippen LogP contribution in [-0.2, 0) is 4.79 Å². The van der Waals surface area contributed by atoms with E-state index in [9.17, 15) is 4.79 Å². The first-order valence-corrected chi connectivity index (χ1v) is 7.14. The Morgan fingerprint density at radius 2 is 1.87 bits per heavy atom. The van der Waals surface area contributed by atoms with Crippen LogP contribution in [0.3, 0.4) is 0 Å². The Labute approximate surface area is 133 Å². The molecule has 0 aliphatic heterocycles. The molecule has 5 nitrogen and oxygen atoms in total. The molecule has 0 spiro atoms. The number of pyridine rings is 1. The highest BCUT2D eigenvalue weighted by Crippen LogP contribution is 2.20. The maximum Gasteiger partial charge on any atom is 0.243 e. The molecule has 0 fully saturated rings. The van der Waals surface area contributed by atoms with Crippen LogP contribution in [0.2, 0.25) is 0 Å². The van der Waals surface area contributed by atoms with E-state index in [4.69, 9.17) is 5.26 Å². The number of anilines is 2. The van der Waals surface area contributed by atoms with Gasteiger partial charge < -0.3 is 10.6 Å². The van der Waals surface area contributed by atoms with Gasteiger partial charge in [0.2, 0.25) is 5.91 Å². The molecule has 0 saturated heterocycles. The number of carbonyl (C=O) groups is 1. The Bertz CT molecular complexity index is 876. The summed E-state index contributed by atoms with van der Waals surface area (Å²) in [6.45, 7) is 0.134. The minimum absolute atomic E-state index is 0.134. The van der Waals surface area contributed by atoms with E-state index in [2.05, 4.69) is 21.7 Å². The Balaban J connectivity index is 1.65. The molecule has 112 valence electrons. The van der Waals surface area contributed by atoms with Crippen LogP contribution >= 0.6 is 0 Å². The molecule has 0 atom stereocenters. The van der Waals surface area contributed by atoms with Crippen molar-refractivity contribution in [3.05, 3.63) is 66.4 Å². The Hall–Kier alpha value is -3.39. The summed E-state index contributed by atoms with van der Waals surface area (Å²) in [5, 5.41) is 15.6. The third kappa shape index (κ3) is 3.44. The second-order valence-electron chi connectivity index (χ2n) is 4.97. The molecule has 2 aromatic carbocycles. The average molecular weight is 302 g/mol. The number of benzene rings is 2. The lowest BCUT2D eigenvalue weighted by Crippen LogP contribution is -2.21. The van der Waals surface area contributed by atoms with Crippen molar-refractivity contribution in [1.82, 2.24) is 4.98 Å². The van der Waals surface area contributed by atoms with Crippen LogP contribution in [0.25, 0.3) is 10.9 Å². The monoisotopic (exact) mass is 302 g/mol. The maximum atomic E-state index is 12.1. The number of hydrogen-bond acceptors (Lipinski definition) is 4. The Kier molecular flexibility index (Phi) is 4.16. The zero-order chi connectivity index (χ0) is 16.1. The van der Waals surface area contributed by atoms with Gasteiger partial charge in [0.05, 0.1) is 29.4 Å². The molecule has 5 heteroatoms. The molecular weight excluding hydrogens is 288 g/mol. The van der Waals surface area contributed by atoms with Gasteiger partial charge in [0, 0.05) is 17.3 Å². The van der Waals surface area contributed by atoms with Crippen molar-refractivity contribution in [3.63, 3.8) is 0 Å². The molecule has 2 N–H and O–H groups in total. The second kappa shape index (κ2) is 6.58. The Morgan fingerprint density at radius 3 is 2.65 bits per heavy atom. The van der Waals surface area contributed by atoms with Crippen LogP contribution in [0.4, 0.5) is 11.4 Å². The molecule has 0 unspecified atom stereocenters. The van der Waals surface area contributed by atoms with Gasteiger partial charge in [0.25, 0.3) is 0 Å². The van der Waals surface area contributed by atoms with Crippen LogP contribution in [0.1, 0.15) is 5.56 Å². The zero-order valence-electron chi connectivity index (χ0n) is 12.3. The van der Waals surface area contributed by atoms with Crippen molar-refractivity contribution in [2.24, 2.45) is 0 Å². The molecule has 3 aromatic rings. The number of amides is 1. The predicted octanol–water partition coefficient (Wildman–Crippen LogP) is 3.16. The lowest BCUT2D eigenvalue weighted by atomic mass is 10.2. The summed E-state index contributed by atoms with van der Waals surface area (Å²) in [4.78, 5) is 16.4. The highest BCUT2D eigenvalue weighted by molar-refractivity contribution is 6.01. The number of rotatable bonds is 4. The summed E-state index contributed by atoms with van der Waals surface area (Å²) in [5.74, 6) is -0.160. The summed E-state index contributed by atoms with van der Waals surface area (Å²) in [6, 6.07) is 18.5. The number of nitrogens with one attached hydrogen (secondary N) is 2. The SMILES string of the molecule is N#Cc1ccc(NCC(=O)Nc2cccc3cccnc23)cc1. The minimum atomic E-state index is -0.160. The number of hydrogen-bond donors (Lipinski definition) is 2. The second-order valence-corrected chi connectivity index (χ2v) is 4.97. The Morgan fingerprint density at radius 1 is 1.09 bits per heavy atom. The lowest BCUT2D eigenvalue weighted by molar-refractivity contribution is -0.114. The molecule has 0 aliphatic carbocycles. The smallest absolute Gasteiger partial charge is 0.243 e. The van der Waals surface area contributed by atoms with Gasteiger partial charge in [-0.3, -0.25) is 9.78 Å². The molecule has 0 radical (unpaired) electrons. The summed E-state index contributed by atoms with van der Waals surface area (Å²) < 4.78 is 0. The molecular formula is C18H14N4O. The van der Waals surface area contributed by atoms with Gasteiger partial charge in [-0.15, -0.1) is 0 Å². The highest BCUT2D eigenvalue weighted by Gasteiger charge is 2.06. The third-order valence-corrected chi connectivity index (χ3v) is 3.37. The fraction of sp³-hybridized carbons (Fsp3) is 0.0556. The first kappa shape index (κ1) is 14.5. The van der Waals surface area contributed by atoms with Crippen molar-refractivity contribution >= 4 is 28.2 Å². The summed E-state index contributed by atoms with van der Waals surface area (Å²) >= 11 is 0. The van der Waals surface area contributed by atoms with Crippen molar-refractivity contribution in [3.8, 4) is 6.07 Å². The summed E-state index contributed by atoms with van der Waals surface area (Å²) in [7, 11) is 0. The van der Waals surface area contributed by atoms with Gasteiger partial charge in [-0.25, -0.2) is 0 Å².